The van der Waals surface area contributed by atoms with Crippen molar-refractivity contribution in [2.45, 2.75) is 26.4 Å². The van der Waals surface area contributed by atoms with E-state index in [1.54, 1.807) is 6.08 Å². The van der Waals surface area contributed by atoms with Gasteiger partial charge in [0.05, 0.1) is 5.69 Å². The number of aromatic amines is 1. The smallest absolute Gasteiger partial charge is 0.254 e. The molecule has 0 atom stereocenters. The highest BCUT2D eigenvalue weighted by Crippen LogP contribution is 2.22. The predicted octanol–water partition coefficient (Wildman–Crippen LogP) is 2.20. The standard InChI is InChI=1S/C18H21N3O2/c1-3-10-23-17-7-5-4-6-14(17)11-21-9-8-15-16(12-21)19-13(2)20-18(15)22/h3-7H,1,8-12H2,2H3,(H,19,20,22). The van der Waals surface area contributed by atoms with E-state index in [0.29, 0.717) is 19.0 Å². The molecule has 0 aliphatic carbocycles. The van der Waals surface area contributed by atoms with Crippen LogP contribution in [0.3, 0.4) is 0 Å². The number of aromatic nitrogens is 2. The van der Waals surface area contributed by atoms with Gasteiger partial charge in [-0.15, -0.1) is 0 Å². The van der Waals surface area contributed by atoms with Crippen molar-refractivity contribution in [2.24, 2.45) is 0 Å². The van der Waals surface area contributed by atoms with Gasteiger partial charge >= 0.3 is 0 Å². The molecule has 1 aromatic heterocycles. The summed E-state index contributed by atoms with van der Waals surface area (Å²) in [7, 11) is 0. The van der Waals surface area contributed by atoms with Crippen LogP contribution in [-0.4, -0.2) is 28.0 Å². The van der Waals surface area contributed by atoms with Gasteiger partial charge in [-0.3, -0.25) is 9.69 Å². The van der Waals surface area contributed by atoms with Crippen LogP contribution in [-0.2, 0) is 19.5 Å². The van der Waals surface area contributed by atoms with Gasteiger partial charge in [-0.2, -0.15) is 0 Å². The van der Waals surface area contributed by atoms with Crippen LogP contribution in [0, 0.1) is 6.92 Å². The van der Waals surface area contributed by atoms with Gasteiger partial charge < -0.3 is 9.72 Å². The van der Waals surface area contributed by atoms with Crippen molar-refractivity contribution in [1.29, 1.82) is 0 Å². The van der Waals surface area contributed by atoms with E-state index in [-0.39, 0.29) is 5.56 Å². The molecule has 120 valence electrons. The topological polar surface area (TPSA) is 58.2 Å². The highest BCUT2D eigenvalue weighted by Gasteiger charge is 2.21. The molecule has 3 rings (SSSR count). The molecule has 0 saturated heterocycles. The van der Waals surface area contributed by atoms with Crippen LogP contribution in [0.25, 0.3) is 0 Å². The average Bonchev–Trinajstić information content (AvgIpc) is 2.53. The van der Waals surface area contributed by atoms with Crippen molar-refractivity contribution in [1.82, 2.24) is 14.9 Å². The molecule has 0 spiro atoms. The minimum Gasteiger partial charge on any atom is -0.489 e. The molecule has 5 heteroatoms. The third kappa shape index (κ3) is 3.51. The van der Waals surface area contributed by atoms with Crippen LogP contribution in [0.1, 0.15) is 22.6 Å². The fraction of sp³-hybridized carbons (Fsp3) is 0.333. The van der Waals surface area contributed by atoms with E-state index in [4.69, 9.17) is 4.74 Å². The molecule has 1 aromatic carbocycles. The second-order valence-corrected chi connectivity index (χ2v) is 5.74. The van der Waals surface area contributed by atoms with Crippen molar-refractivity contribution in [3.05, 3.63) is 69.9 Å². The molecule has 0 saturated carbocycles. The number of nitrogens with zero attached hydrogens (tertiary/aromatic N) is 2. The van der Waals surface area contributed by atoms with Gasteiger partial charge in [-0.1, -0.05) is 30.9 Å². The Kier molecular flexibility index (Phi) is 4.57. The number of para-hydroxylation sites is 1. The van der Waals surface area contributed by atoms with E-state index in [1.807, 2.05) is 25.1 Å². The molecule has 1 aliphatic rings. The minimum absolute atomic E-state index is 0.00173. The average molecular weight is 311 g/mol. The zero-order chi connectivity index (χ0) is 16.2. The molecule has 0 amide bonds. The van der Waals surface area contributed by atoms with Gasteiger partial charge in [0.1, 0.15) is 18.2 Å². The second kappa shape index (κ2) is 6.79. The summed E-state index contributed by atoms with van der Waals surface area (Å²) in [5, 5.41) is 0. The predicted molar refractivity (Wildman–Crippen MR) is 89.5 cm³/mol. The lowest BCUT2D eigenvalue weighted by Crippen LogP contribution is -2.35. The maximum Gasteiger partial charge on any atom is 0.254 e. The van der Waals surface area contributed by atoms with Crippen molar-refractivity contribution in [3.8, 4) is 5.75 Å². The highest BCUT2D eigenvalue weighted by molar-refractivity contribution is 5.33. The summed E-state index contributed by atoms with van der Waals surface area (Å²) in [5.74, 6) is 1.55. The first-order valence-electron chi connectivity index (χ1n) is 7.80. The van der Waals surface area contributed by atoms with Gasteiger partial charge in [0.25, 0.3) is 5.56 Å². The summed E-state index contributed by atoms with van der Waals surface area (Å²) >= 11 is 0. The lowest BCUT2D eigenvalue weighted by Gasteiger charge is -2.28. The Balaban J connectivity index is 1.77. The monoisotopic (exact) mass is 311 g/mol. The van der Waals surface area contributed by atoms with Crippen LogP contribution in [0.4, 0.5) is 0 Å². The van der Waals surface area contributed by atoms with Crippen LogP contribution in [0.15, 0.2) is 41.7 Å². The molecule has 0 unspecified atom stereocenters. The van der Waals surface area contributed by atoms with Crippen LogP contribution < -0.4 is 10.3 Å². The molecular formula is C18H21N3O2. The maximum absolute atomic E-state index is 12.0. The molecular weight excluding hydrogens is 290 g/mol. The van der Waals surface area contributed by atoms with Gasteiger partial charge in [0.15, 0.2) is 0 Å². The molecule has 0 radical (unpaired) electrons. The number of nitrogens with one attached hydrogen (secondary N) is 1. The normalized spacial score (nSPS) is 14.3. The number of hydrogen-bond donors (Lipinski definition) is 1. The summed E-state index contributed by atoms with van der Waals surface area (Å²) in [4.78, 5) is 21.6. The summed E-state index contributed by atoms with van der Waals surface area (Å²) in [6, 6.07) is 8.03. The van der Waals surface area contributed by atoms with Gasteiger partial charge in [-0.05, 0) is 19.4 Å². The largest absolute Gasteiger partial charge is 0.489 e. The van der Waals surface area contributed by atoms with Gasteiger partial charge in [0, 0.05) is 30.8 Å². The molecule has 2 heterocycles. The lowest BCUT2D eigenvalue weighted by molar-refractivity contribution is 0.235. The molecule has 0 bridgehead atoms. The van der Waals surface area contributed by atoms with Crippen molar-refractivity contribution in [2.75, 3.05) is 13.2 Å². The first-order chi connectivity index (χ1) is 11.2. The number of benzene rings is 1. The molecule has 2 aromatic rings. The van der Waals surface area contributed by atoms with E-state index < -0.39 is 0 Å². The Bertz CT molecular complexity index is 767. The number of aryl methyl sites for hydroxylation is 1. The van der Waals surface area contributed by atoms with E-state index in [1.165, 1.54) is 0 Å². The van der Waals surface area contributed by atoms with E-state index >= 15 is 0 Å². The Hall–Kier alpha value is -2.40. The van der Waals surface area contributed by atoms with E-state index in [2.05, 4.69) is 27.5 Å². The number of hydrogen-bond acceptors (Lipinski definition) is 4. The van der Waals surface area contributed by atoms with Crippen LogP contribution >= 0.6 is 0 Å². The van der Waals surface area contributed by atoms with Crippen molar-refractivity contribution >= 4 is 0 Å². The first-order valence-corrected chi connectivity index (χ1v) is 7.80. The van der Waals surface area contributed by atoms with Gasteiger partial charge in [0.2, 0.25) is 0 Å². The Labute approximate surface area is 135 Å². The zero-order valence-corrected chi connectivity index (χ0v) is 13.3. The third-order valence-electron chi connectivity index (χ3n) is 3.99. The van der Waals surface area contributed by atoms with Gasteiger partial charge in [-0.25, -0.2) is 4.98 Å². The molecule has 5 nitrogen and oxygen atoms in total. The Morgan fingerprint density at radius 2 is 2.26 bits per heavy atom. The molecule has 0 fully saturated rings. The fourth-order valence-electron chi connectivity index (χ4n) is 2.92. The van der Waals surface area contributed by atoms with Crippen molar-refractivity contribution < 1.29 is 4.74 Å². The summed E-state index contributed by atoms with van der Waals surface area (Å²) in [6.45, 7) is 8.31. The quantitative estimate of drug-likeness (QED) is 0.860. The summed E-state index contributed by atoms with van der Waals surface area (Å²) in [6.07, 6.45) is 2.47. The molecule has 1 N–H and O–H groups in total. The fourth-order valence-corrected chi connectivity index (χ4v) is 2.92. The summed E-state index contributed by atoms with van der Waals surface area (Å²) in [5.41, 5.74) is 2.85. The number of fused-ring (bicyclic) bond motifs is 1. The summed E-state index contributed by atoms with van der Waals surface area (Å²) < 4.78 is 5.72. The molecule has 1 aliphatic heterocycles. The lowest BCUT2D eigenvalue weighted by atomic mass is 10.1. The van der Waals surface area contributed by atoms with E-state index in [9.17, 15) is 4.79 Å². The minimum atomic E-state index is 0.00173. The first kappa shape index (κ1) is 15.5. The van der Waals surface area contributed by atoms with Crippen LogP contribution in [0.2, 0.25) is 0 Å². The Morgan fingerprint density at radius 1 is 1.43 bits per heavy atom. The highest BCUT2D eigenvalue weighted by atomic mass is 16.5. The third-order valence-corrected chi connectivity index (χ3v) is 3.99. The second-order valence-electron chi connectivity index (χ2n) is 5.74. The maximum atomic E-state index is 12.0. The van der Waals surface area contributed by atoms with Crippen LogP contribution in [0.5, 0.6) is 5.75 Å². The van der Waals surface area contributed by atoms with Crippen molar-refractivity contribution in [3.63, 3.8) is 0 Å². The zero-order valence-electron chi connectivity index (χ0n) is 13.3. The Morgan fingerprint density at radius 3 is 3.09 bits per heavy atom. The number of H-pyrrole nitrogens is 1. The molecule has 23 heavy (non-hydrogen) atoms. The number of ether oxygens (including phenoxy) is 1. The van der Waals surface area contributed by atoms with E-state index in [0.717, 1.165) is 42.1 Å². The SMILES string of the molecule is C=CCOc1ccccc1CN1CCc2c(nc(C)[nH]c2=O)C1. The number of rotatable bonds is 5.